The molecule has 0 amide bonds. The van der Waals surface area contributed by atoms with Crippen molar-refractivity contribution >= 4 is 11.7 Å². The molecular formula is C24H30N2O4. The van der Waals surface area contributed by atoms with Gasteiger partial charge in [-0.1, -0.05) is 18.9 Å². The summed E-state index contributed by atoms with van der Waals surface area (Å²) in [6, 6.07) is 6.04. The zero-order chi connectivity index (χ0) is 21.1. The molecule has 2 aliphatic carbocycles. The van der Waals surface area contributed by atoms with Gasteiger partial charge in [-0.05, 0) is 62.8 Å². The summed E-state index contributed by atoms with van der Waals surface area (Å²) < 4.78 is 11.7. The van der Waals surface area contributed by atoms with Gasteiger partial charge in [-0.25, -0.2) is 4.79 Å². The van der Waals surface area contributed by atoms with Gasteiger partial charge in [0.2, 0.25) is 0 Å². The summed E-state index contributed by atoms with van der Waals surface area (Å²) in [7, 11) is 0. The first-order valence-corrected chi connectivity index (χ1v) is 10.9. The molecule has 30 heavy (non-hydrogen) atoms. The fourth-order valence-electron chi connectivity index (χ4n) is 4.22. The molecule has 2 aromatic rings. The lowest BCUT2D eigenvalue weighted by molar-refractivity contribution is -0.142. The van der Waals surface area contributed by atoms with Crippen LogP contribution in [0.3, 0.4) is 0 Å². The summed E-state index contributed by atoms with van der Waals surface area (Å²) >= 11 is 0. The van der Waals surface area contributed by atoms with Crippen LogP contribution in [-0.4, -0.2) is 34.3 Å². The van der Waals surface area contributed by atoms with Crippen LogP contribution in [0, 0.1) is 6.92 Å². The molecule has 2 aliphatic rings. The number of hydrogen-bond acceptors (Lipinski definition) is 5. The van der Waals surface area contributed by atoms with Crippen LogP contribution in [0.1, 0.15) is 56.6 Å². The van der Waals surface area contributed by atoms with Gasteiger partial charge in [-0.3, -0.25) is 4.98 Å². The molecule has 2 fully saturated rings. The maximum Gasteiger partial charge on any atom is 0.329 e. The first-order valence-electron chi connectivity index (χ1n) is 10.9. The van der Waals surface area contributed by atoms with Crippen LogP contribution >= 0.6 is 0 Å². The predicted molar refractivity (Wildman–Crippen MR) is 116 cm³/mol. The van der Waals surface area contributed by atoms with Crippen LogP contribution in [0.5, 0.6) is 5.75 Å². The second kappa shape index (κ2) is 8.64. The molecule has 1 heterocycles. The lowest BCUT2D eigenvalue weighted by Crippen LogP contribution is -2.43. The first-order chi connectivity index (χ1) is 14.5. The van der Waals surface area contributed by atoms with Crippen LogP contribution < -0.4 is 10.1 Å². The average molecular weight is 411 g/mol. The van der Waals surface area contributed by atoms with E-state index in [-0.39, 0.29) is 0 Å². The van der Waals surface area contributed by atoms with E-state index in [0.717, 1.165) is 59.4 Å². The normalized spacial score (nSPS) is 17.7. The minimum absolute atomic E-state index is 0.337. The number of aliphatic carboxylic acids is 1. The Morgan fingerprint density at radius 3 is 2.67 bits per heavy atom. The Morgan fingerprint density at radius 2 is 2.00 bits per heavy atom. The van der Waals surface area contributed by atoms with Gasteiger partial charge in [-0.2, -0.15) is 0 Å². The maximum absolute atomic E-state index is 12.0. The summed E-state index contributed by atoms with van der Waals surface area (Å²) in [5.74, 6) is 0.00589. The lowest BCUT2D eigenvalue weighted by Gasteiger charge is -2.27. The molecule has 6 heteroatoms. The number of nitrogens with one attached hydrogen (secondary N) is 1. The van der Waals surface area contributed by atoms with Crippen molar-refractivity contribution in [2.24, 2.45) is 0 Å². The highest BCUT2D eigenvalue weighted by Gasteiger charge is 2.41. The molecule has 0 bridgehead atoms. The predicted octanol–water partition coefficient (Wildman–Crippen LogP) is 4.94. The Balaban J connectivity index is 1.68. The van der Waals surface area contributed by atoms with Gasteiger partial charge in [0.05, 0.1) is 25.5 Å². The molecule has 160 valence electrons. The third kappa shape index (κ3) is 4.29. The second-order valence-corrected chi connectivity index (χ2v) is 8.34. The molecule has 0 saturated heterocycles. The third-order valence-electron chi connectivity index (χ3n) is 6.11. The van der Waals surface area contributed by atoms with Gasteiger partial charge >= 0.3 is 5.97 Å². The number of aromatic nitrogens is 1. The number of nitrogens with zero attached hydrogens (tertiary/aromatic N) is 1. The van der Waals surface area contributed by atoms with Crippen molar-refractivity contribution in [3.05, 3.63) is 41.7 Å². The zero-order valence-electron chi connectivity index (χ0n) is 17.7. The van der Waals surface area contributed by atoms with Crippen LogP contribution in [0.15, 0.2) is 30.6 Å². The van der Waals surface area contributed by atoms with E-state index in [0.29, 0.717) is 32.2 Å². The van der Waals surface area contributed by atoms with Crippen LogP contribution in [0.2, 0.25) is 0 Å². The standard InChI is InChI=1S/C24H30N2O4/c1-3-29-22-14-25-13-21(16(22)2)20-9-6-18(12-17(20)15-30-19-7-8-19)26-24(23(27)28)10-4-5-11-24/h6,9,12-14,19,26H,3-5,7-8,10-11,15H2,1-2H3,(H,27,28). The summed E-state index contributed by atoms with van der Waals surface area (Å²) in [5.41, 5.74) is 4.08. The van der Waals surface area contributed by atoms with Gasteiger partial charge in [0.1, 0.15) is 11.3 Å². The summed E-state index contributed by atoms with van der Waals surface area (Å²) in [5, 5.41) is 13.1. The summed E-state index contributed by atoms with van der Waals surface area (Å²) in [6.45, 7) is 5.08. The molecule has 1 aromatic carbocycles. The van der Waals surface area contributed by atoms with Gasteiger partial charge in [-0.15, -0.1) is 0 Å². The Bertz CT molecular complexity index is 917. The summed E-state index contributed by atoms with van der Waals surface area (Å²) in [6.07, 6.45) is 9.32. The molecule has 4 rings (SSSR count). The number of ether oxygens (including phenoxy) is 2. The Kier molecular flexibility index (Phi) is 5.95. The van der Waals surface area contributed by atoms with Crippen molar-refractivity contribution in [2.75, 3.05) is 11.9 Å². The van der Waals surface area contributed by atoms with E-state index >= 15 is 0 Å². The number of carboxylic acid groups (broad SMARTS) is 1. The fraction of sp³-hybridized carbons (Fsp3) is 0.500. The monoisotopic (exact) mass is 410 g/mol. The molecule has 0 atom stereocenters. The molecule has 0 aliphatic heterocycles. The maximum atomic E-state index is 12.0. The number of benzene rings is 1. The summed E-state index contributed by atoms with van der Waals surface area (Å²) in [4.78, 5) is 16.3. The van der Waals surface area contributed by atoms with Gasteiger partial charge in [0.15, 0.2) is 0 Å². The van der Waals surface area contributed by atoms with Gasteiger partial charge < -0.3 is 19.9 Å². The van der Waals surface area contributed by atoms with Gasteiger partial charge in [0, 0.05) is 23.0 Å². The van der Waals surface area contributed by atoms with E-state index in [1.54, 1.807) is 6.20 Å². The third-order valence-corrected chi connectivity index (χ3v) is 6.11. The van der Waals surface area contributed by atoms with E-state index in [1.807, 2.05) is 38.2 Å². The van der Waals surface area contributed by atoms with E-state index < -0.39 is 11.5 Å². The highest BCUT2D eigenvalue weighted by molar-refractivity contribution is 5.84. The number of carbonyl (C=O) groups is 1. The smallest absolute Gasteiger partial charge is 0.329 e. The molecule has 2 saturated carbocycles. The molecule has 0 spiro atoms. The van der Waals surface area contributed by atoms with Crippen LogP contribution in [0.4, 0.5) is 5.69 Å². The zero-order valence-corrected chi connectivity index (χ0v) is 17.7. The molecule has 0 radical (unpaired) electrons. The van der Waals surface area contributed by atoms with Crippen molar-refractivity contribution < 1.29 is 19.4 Å². The van der Waals surface area contributed by atoms with Crippen molar-refractivity contribution in [2.45, 2.75) is 70.6 Å². The SMILES string of the molecule is CCOc1cncc(-c2ccc(NC3(C(=O)O)CCCC3)cc2COC2CC2)c1C. The largest absolute Gasteiger partial charge is 0.492 e. The van der Waals surface area contributed by atoms with Crippen molar-refractivity contribution in [1.29, 1.82) is 0 Å². The minimum atomic E-state index is -0.873. The topological polar surface area (TPSA) is 80.7 Å². The van der Waals surface area contributed by atoms with E-state index in [4.69, 9.17) is 9.47 Å². The Hall–Kier alpha value is -2.60. The van der Waals surface area contributed by atoms with E-state index in [2.05, 4.69) is 10.3 Å². The van der Waals surface area contributed by atoms with E-state index in [9.17, 15) is 9.90 Å². The quantitative estimate of drug-likeness (QED) is 0.609. The van der Waals surface area contributed by atoms with Crippen molar-refractivity contribution in [3.8, 4) is 16.9 Å². The molecule has 0 unspecified atom stereocenters. The number of anilines is 1. The highest BCUT2D eigenvalue weighted by atomic mass is 16.5. The van der Waals surface area contributed by atoms with Crippen molar-refractivity contribution in [3.63, 3.8) is 0 Å². The Labute approximate surface area is 177 Å². The molecule has 2 N–H and O–H groups in total. The number of carboxylic acids is 1. The number of rotatable bonds is 9. The average Bonchev–Trinajstić information content (AvgIpc) is 3.44. The number of hydrogen-bond donors (Lipinski definition) is 2. The van der Waals surface area contributed by atoms with Crippen LogP contribution in [-0.2, 0) is 16.1 Å². The fourth-order valence-corrected chi connectivity index (χ4v) is 4.22. The van der Waals surface area contributed by atoms with Crippen LogP contribution in [0.25, 0.3) is 11.1 Å². The first kappa shape index (κ1) is 20.7. The molecular weight excluding hydrogens is 380 g/mol. The number of pyridine rings is 1. The highest BCUT2D eigenvalue weighted by Crippen LogP contribution is 2.37. The lowest BCUT2D eigenvalue weighted by atomic mass is 9.94. The van der Waals surface area contributed by atoms with E-state index in [1.165, 1.54) is 0 Å². The Morgan fingerprint density at radius 1 is 1.23 bits per heavy atom. The van der Waals surface area contributed by atoms with Gasteiger partial charge in [0.25, 0.3) is 0 Å². The van der Waals surface area contributed by atoms with Crippen molar-refractivity contribution in [1.82, 2.24) is 4.98 Å². The molecule has 1 aromatic heterocycles. The second-order valence-electron chi connectivity index (χ2n) is 8.34. The minimum Gasteiger partial charge on any atom is -0.492 e. The molecule has 6 nitrogen and oxygen atoms in total.